The molecule has 0 radical (unpaired) electrons. The zero-order valence-electron chi connectivity index (χ0n) is 13.2. The first-order valence-corrected chi connectivity index (χ1v) is 7.68. The number of halogens is 1. The molecule has 3 aromatic rings. The number of nitrogens with one attached hydrogen (secondary N) is 1. The van der Waals surface area contributed by atoms with Crippen molar-refractivity contribution in [2.75, 3.05) is 19.0 Å². The lowest BCUT2D eigenvalue weighted by Crippen LogP contribution is -2.21. The number of aryl methyl sites for hydroxylation is 1. The minimum Gasteiger partial charge on any atom is -0.383 e. The SMILES string of the molecule is COCC(C)Nc1ncnc2c1cnn2-c1ccc(C)c(Cl)c1. The lowest BCUT2D eigenvalue weighted by Gasteiger charge is -2.13. The van der Waals surface area contributed by atoms with Crippen molar-refractivity contribution in [3.63, 3.8) is 0 Å². The summed E-state index contributed by atoms with van der Waals surface area (Å²) < 4.78 is 6.90. The number of hydrogen-bond acceptors (Lipinski definition) is 5. The lowest BCUT2D eigenvalue weighted by atomic mass is 10.2. The molecule has 2 heterocycles. The normalized spacial score (nSPS) is 12.5. The quantitative estimate of drug-likeness (QED) is 0.777. The smallest absolute Gasteiger partial charge is 0.168 e. The molecule has 2 aromatic heterocycles. The third-order valence-corrected chi connectivity index (χ3v) is 3.97. The molecule has 0 aliphatic heterocycles. The van der Waals surface area contributed by atoms with Gasteiger partial charge in [-0.2, -0.15) is 5.10 Å². The van der Waals surface area contributed by atoms with Crippen molar-refractivity contribution in [3.8, 4) is 5.69 Å². The van der Waals surface area contributed by atoms with Gasteiger partial charge >= 0.3 is 0 Å². The second kappa shape index (κ2) is 6.52. The Labute approximate surface area is 139 Å². The van der Waals surface area contributed by atoms with E-state index in [-0.39, 0.29) is 6.04 Å². The number of fused-ring (bicyclic) bond motifs is 1. The summed E-state index contributed by atoms with van der Waals surface area (Å²) in [5.41, 5.74) is 2.62. The van der Waals surface area contributed by atoms with Gasteiger partial charge in [-0.1, -0.05) is 17.7 Å². The first-order valence-electron chi connectivity index (χ1n) is 7.31. The number of methoxy groups -OCH3 is 1. The first-order chi connectivity index (χ1) is 11.1. The molecule has 6 nitrogen and oxygen atoms in total. The fourth-order valence-corrected chi connectivity index (χ4v) is 2.56. The Hall–Kier alpha value is -2.18. The van der Waals surface area contributed by atoms with Gasteiger partial charge in [0.25, 0.3) is 0 Å². The van der Waals surface area contributed by atoms with Gasteiger partial charge in [0.1, 0.15) is 12.1 Å². The van der Waals surface area contributed by atoms with Gasteiger partial charge < -0.3 is 10.1 Å². The van der Waals surface area contributed by atoms with Crippen LogP contribution in [0.4, 0.5) is 5.82 Å². The van der Waals surface area contributed by atoms with Crippen molar-refractivity contribution in [1.29, 1.82) is 0 Å². The molecule has 0 bridgehead atoms. The molecule has 0 fully saturated rings. The molecule has 1 N–H and O–H groups in total. The number of ether oxygens (including phenoxy) is 1. The van der Waals surface area contributed by atoms with E-state index in [0.29, 0.717) is 11.6 Å². The second-order valence-electron chi connectivity index (χ2n) is 5.45. The molecule has 120 valence electrons. The molecule has 0 aliphatic carbocycles. The topological polar surface area (TPSA) is 64.9 Å². The van der Waals surface area contributed by atoms with Crippen LogP contribution >= 0.6 is 11.6 Å². The van der Waals surface area contributed by atoms with E-state index in [2.05, 4.69) is 20.4 Å². The summed E-state index contributed by atoms with van der Waals surface area (Å²) in [6, 6.07) is 5.95. The van der Waals surface area contributed by atoms with Gasteiger partial charge in [-0.15, -0.1) is 0 Å². The van der Waals surface area contributed by atoms with Gasteiger partial charge in [-0.3, -0.25) is 0 Å². The zero-order valence-corrected chi connectivity index (χ0v) is 14.0. The minimum absolute atomic E-state index is 0.135. The van der Waals surface area contributed by atoms with Gasteiger partial charge in [0.15, 0.2) is 5.65 Å². The van der Waals surface area contributed by atoms with Crippen LogP contribution in [0.5, 0.6) is 0 Å². The maximum atomic E-state index is 6.22. The Morgan fingerprint density at radius 2 is 2.17 bits per heavy atom. The van der Waals surface area contributed by atoms with E-state index < -0.39 is 0 Å². The van der Waals surface area contributed by atoms with E-state index in [1.807, 2.05) is 32.0 Å². The molecule has 1 aromatic carbocycles. The molecule has 0 amide bonds. The van der Waals surface area contributed by atoms with Crippen LogP contribution in [-0.4, -0.2) is 39.5 Å². The third kappa shape index (κ3) is 3.13. The van der Waals surface area contributed by atoms with Crippen LogP contribution < -0.4 is 5.32 Å². The summed E-state index contributed by atoms with van der Waals surface area (Å²) in [6.07, 6.45) is 3.28. The zero-order chi connectivity index (χ0) is 16.4. The molecular weight excluding hydrogens is 314 g/mol. The number of nitrogens with zero attached hydrogens (tertiary/aromatic N) is 4. The van der Waals surface area contributed by atoms with Crippen LogP contribution in [0.3, 0.4) is 0 Å². The van der Waals surface area contributed by atoms with Crippen molar-refractivity contribution in [2.24, 2.45) is 0 Å². The van der Waals surface area contributed by atoms with Crippen LogP contribution in [-0.2, 0) is 4.74 Å². The summed E-state index contributed by atoms with van der Waals surface area (Å²) in [4.78, 5) is 8.67. The second-order valence-corrected chi connectivity index (χ2v) is 5.86. The van der Waals surface area contributed by atoms with Gasteiger partial charge in [0.2, 0.25) is 0 Å². The lowest BCUT2D eigenvalue weighted by molar-refractivity contribution is 0.190. The van der Waals surface area contributed by atoms with Crippen molar-refractivity contribution in [3.05, 3.63) is 41.3 Å². The average molecular weight is 332 g/mol. The van der Waals surface area contributed by atoms with Gasteiger partial charge in [0, 0.05) is 18.2 Å². The highest BCUT2D eigenvalue weighted by Crippen LogP contribution is 2.24. The van der Waals surface area contributed by atoms with Crippen LogP contribution in [0.15, 0.2) is 30.7 Å². The van der Waals surface area contributed by atoms with E-state index >= 15 is 0 Å². The molecule has 7 heteroatoms. The third-order valence-electron chi connectivity index (χ3n) is 3.57. The van der Waals surface area contributed by atoms with Gasteiger partial charge in [0.05, 0.1) is 23.9 Å². The largest absolute Gasteiger partial charge is 0.383 e. The predicted molar refractivity (Wildman–Crippen MR) is 91.4 cm³/mol. The predicted octanol–water partition coefficient (Wildman–Crippen LogP) is 3.22. The number of anilines is 1. The van der Waals surface area contributed by atoms with Crippen molar-refractivity contribution >= 4 is 28.5 Å². The van der Waals surface area contributed by atoms with E-state index in [9.17, 15) is 0 Å². The van der Waals surface area contributed by atoms with E-state index in [4.69, 9.17) is 16.3 Å². The van der Waals surface area contributed by atoms with E-state index in [0.717, 1.165) is 28.1 Å². The summed E-state index contributed by atoms with van der Waals surface area (Å²) in [5.74, 6) is 0.740. The summed E-state index contributed by atoms with van der Waals surface area (Å²) >= 11 is 6.22. The van der Waals surface area contributed by atoms with Crippen molar-refractivity contribution in [1.82, 2.24) is 19.7 Å². The summed E-state index contributed by atoms with van der Waals surface area (Å²) in [7, 11) is 1.67. The molecule has 0 saturated heterocycles. The molecule has 0 spiro atoms. The maximum Gasteiger partial charge on any atom is 0.168 e. The van der Waals surface area contributed by atoms with Crippen LogP contribution in [0.2, 0.25) is 5.02 Å². The molecular formula is C16H18ClN5O. The maximum absolute atomic E-state index is 6.22. The Bertz CT molecular complexity index is 832. The molecule has 0 aliphatic rings. The number of rotatable bonds is 5. The Morgan fingerprint density at radius 3 is 2.91 bits per heavy atom. The highest BCUT2D eigenvalue weighted by Gasteiger charge is 2.13. The number of benzene rings is 1. The van der Waals surface area contributed by atoms with Gasteiger partial charge in [-0.05, 0) is 31.5 Å². The van der Waals surface area contributed by atoms with E-state index in [1.165, 1.54) is 6.33 Å². The van der Waals surface area contributed by atoms with Gasteiger partial charge in [-0.25, -0.2) is 14.6 Å². The van der Waals surface area contributed by atoms with Crippen LogP contribution in [0.1, 0.15) is 12.5 Å². The molecule has 3 rings (SSSR count). The Balaban J connectivity index is 2.02. The molecule has 1 atom stereocenters. The average Bonchev–Trinajstić information content (AvgIpc) is 2.95. The van der Waals surface area contributed by atoms with Crippen LogP contribution in [0, 0.1) is 6.92 Å². The molecule has 0 saturated carbocycles. The molecule has 23 heavy (non-hydrogen) atoms. The van der Waals surface area contributed by atoms with Crippen molar-refractivity contribution < 1.29 is 4.74 Å². The van der Waals surface area contributed by atoms with Crippen molar-refractivity contribution in [2.45, 2.75) is 19.9 Å². The highest BCUT2D eigenvalue weighted by molar-refractivity contribution is 6.31. The van der Waals surface area contributed by atoms with E-state index in [1.54, 1.807) is 18.0 Å². The Morgan fingerprint density at radius 1 is 1.35 bits per heavy atom. The molecule has 1 unspecified atom stereocenters. The Kier molecular flexibility index (Phi) is 4.45. The number of aromatic nitrogens is 4. The fraction of sp³-hybridized carbons (Fsp3) is 0.312. The highest BCUT2D eigenvalue weighted by atomic mass is 35.5. The number of hydrogen-bond donors (Lipinski definition) is 1. The minimum atomic E-state index is 0.135. The first kappa shape index (κ1) is 15.7. The standard InChI is InChI=1S/C16H18ClN5O/c1-10-4-5-12(6-14(10)17)22-16-13(7-20-22)15(18-9-19-16)21-11(2)8-23-3/h4-7,9,11H,8H2,1-3H3,(H,18,19,21). The fourth-order valence-electron chi connectivity index (χ4n) is 2.39. The monoisotopic (exact) mass is 331 g/mol. The summed E-state index contributed by atoms with van der Waals surface area (Å²) in [6.45, 7) is 4.59. The van der Waals surface area contributed by atoms with Crippen LogP contribution in [0.25, 0.3) is 16.7 Å². The summed E-state index contributed by atoms with van der Waals surface area (Å²) in [5, 5.41) is 9.31.